The fourth-order valence-corrected chi connectivity index (χ4v) is 2.45. The Morgan fingerprint density at radius 3 is 2.32 bits per heavy atom. The summed E-state index contributed by atoms with van der Waals surface area (Å²) in [5, 5.41) is 2.84. The van der Waals surface area contributed by atoms with Gasteiger partial charge in [0, 0.05) is 16.6 Å². The van der Waals surface area contributed by atoms with Crippen molar-refractivity contribution in [3.05, 3.63) is 27.7 Å². The first-order valence-corrected chi connectivity index (χ1v) is 6.95. The second kappa shape index (κ2) is 7.28. The Balaban J connectivity index is 2.60. The minimum absolute atomic E-state index is 0.105. The highest BCUT2D eigenvalue weighted by Crippen LogP contribution is 2.25. The molecule has 0 atom stereocenters. The predicted octanol–water partition coefficient (Wildman–Crippen LogP) is 3.35. The number of nitrogens with one attached hydrogen (secondary N) is 1. The lowest BCUT2D eigenvalue weighted by molar-refractivity contribution is -0.144. The number of hydrogen-bond acceptors (Lipinski definition) is 3. The number of carbonyl (C=O) groups excluding carboxylic acids is 2. The molecular formula is C14H18BrNO3. The van der Waals surface area contributed by atoms with Crippen LogP contribution in [-0.4, -0.2) is 18.5 Å². The smallest absolute Gasteiger partial charge is 0.306 e. The monoisotopic (exact) mass is 327 g/mol. The molecule has 5 heteroatoms. The number of esters is 1. The number of rotatable bonds is 5. The number of carbonyl (C=O) groups is 2. The predicted molar refractivity (Wildman–Crippen MR) is 78.1 cm³/mol. The molecule has 0 aromatic heterocycles. The van der Waals surface area contributed by atoms with Crippen LogP contribution >= 0.6 is 15.9 Å². The molecule has 0 radical (unpaired) electrons. The molecule has 0 saturated carbocycles. The van der Waals surface area contributed by atoms with Crippen LogP contribution in [0.25, 0.3) is 0 Å². The minimum Gasteiger partial charge on any atom is -0.466 e. The molecular weight excluding hydrogens is 310 g/mol. The molecule has 0 aliphatic heterocycles. The quantitative estimate of drug-likeness (QED) is 0.844. The van der Waals surface area contributed by atoms with Gasteiger partial charge >= 0.3 is 5.97 Å². The number of anilines is 1. The summed E-state index contributed by atoms with van der Waals surface area (Å²) in [5.74, 6) is -0.525. The summed E-state index contributed by atoms with van der Waals surface area (Å²) in [5.41, 5.74) is 2.77. The van der Waals surface area contributed by atoms with E-state index in [1.54, 1.807) is 6.92 Å². The van der Waals surface area contributed by atoms with Crippen molar-refractivity contribution in [3.8, 4) is 0 Å². The average molecular weight is 328 g/mol. The molecule has 0 aliphatic rings. The van der Waals surface area contributed by atoms with Gasteiger partial charge in [0.15, 0.2) is 0 Å². The van der Waals surface area contributed by atoms with E-state index in [2.05, 4.69) is 21.2 Å². The van der Waals surface area contributed by atoms with Gasteiger partial charge in [-0.05, 0) is 44.0 Å². The first kappa shape index (κ1) is 15.7. The fourth-order valence-electron chi connectivity index (χ4n) is 1.76. The van der Waals surface area contributed by atoms with Crippen LogP contribution in [0.1, 0.15) is 30.9 Å². The molecule has 1 N–H and O–H groups in total. The molecule has 104 valence electrons. The highest BCUT2D eigenvalue weighted by Gasteiger charge is 2.11. The number of halogens is 1. The van der Waals surface area contributed by atoms with Gasteiger partial charge in [0.25, 0.3) is 0 Å². The minimum atomic E-state index is -0.345. The normalized spacial score (nSPS) is 10.1. The summed E-state index contributed by atoms with van der Waals surface area (Å²) in [6, 6.07) is 3.88. The Hall–Kier alpha value is -1.36. The van der Waals surface area contributed by atoms with Crippen molar-refractivity contribution in [2.45, 2.75) is 33.6 Å². The molecule has 0 unspecified atom stereocenters. The van der Waals surface area contributed by atoms with E-state index in [4.69, 9.17) is 4.74 Å². The fraction of sp³-hybridized carbons (Fsp3) is 0.429. The van der Waals surface area contributed by atoms with Gasteiger partial charge in [-0.25, -0.2) is 0 Å². The summed E-state index contributed by atoms with van der Waals surface area (Å²) in [6.45, 7) is 5.94. The molecule has 0 fully saturated rings. The maximum Gasteiger partial charge on any atom is 0.306 e. The largest absolute Gasteiger partial charge is 0.466 e. The maximum atomic E-state index is 11.8. The average Bonchev–Trinajstić information content (AvgIpc) is 2.31. The van der Waals surface area contributed by atoms with E-state index >= 15 is 0 Å². The zero-order chi connectivity index (χ0) is 14.4. The lowest BCUT2D eigenvalue weighted by atomic mass is 10.1. The highest BCUT2D eigenvalue weighted by molar-refractivity contribution is 9.10. The molecule has 1 amide bonds. The molecule has 0 spiro atoms. The van der Waals surface area contributed by atoms with Crippen LogP contribution < -0.4 is 5.32 Å². The standard InChI is InChI=1S/C14H18BrNO3/c1-4-19-13(18)6-5-12(17)16-14-9(2)7-11(15)8-10(14)3/h7-8H,4-6H2,1-3H3,(H,16,17). The van der Waals surface area contributed by atoms with E-state index in [1.807, 2.05) is 26.0 Å². The van der Waals surface area contributed by atoms with Crippen molar-refractivity contribution in [2.75, 3.05) is 11.9 Å². The lowest BCUT2D eigenvalue weighted by Gasteiger charge is -2.12. The summed E-state index contributed by atoms with van der Waals surface area (Å²) < 4.78 is 5.76. The van der Waals surface area contributed by atoms with Crippen molar-refractivity contribution in [3.63, 3.8) is 0 Å². The number of aryl methyl sites for hydroxylation is 2. The van der Waals surface area contributed by atoms with Crippen LogP contribution in [0.4, 0.5) is 5.69 Å². The Morgan fingerprint density at radius 1 is 1.21 bits per heavy atom. The van der Waals surface area contributed by atoms with Crippen molar-refractivity contribution >= 4 is 33.5 Å². The molecule has 1 rings (SSSR count). The van der Waals surface area contributed by atoms with Crippen LogP contribution in [0.5, 0.6) is 0 Å². The first-order chi connectivity index (χ1) is 8.93. The molecule has 0 saturated heterocycles. The zero-order valence-electron chi connectivity index (χ0n) is 11.4. The SMILES string of the molecule is CCOC(=O)CCC(=O)Nc1c(C)cc(Br)cc1C. The van der Waals surface area contributed by atoms with Crippen LogP contribution in [-0.2, 0) is 14.3 Å². The Labute approximate surface area is 121 Å². The van der Waals surface area contributed by atoms with Crippen LogP contribution in [0, 0.1) is 13.8 Å². The van der Waals surface area contributed by atoms with E-state index in [1.165, 1.54) is 0 Å². The van der Waals surface area contributed by atoms with Crippen LogP contribution in [0.15, 0.2) is 16.6 Å². The van der Waals surface area contributed by atoms with Crippen molar-refractivity contribution in [1.82, 2.24) is 0 Å². The number of benzene rings is 1. The van der Waals surface area contributed by atoms with Gasteiger partial charge in [-0.1, -0.05) is 15.9 Å². The first-order valence-electron chi connectivity index (χ1n) is 6.16. The molecule has 1 aromatic rings. The zero-order valence-corrected chi connectivity index (χ0v) is 13.0. The number of hydrogen-bond donors (Lipinski definition) is 1. The van der Waals surface area contributed by atoms with Gasteiger partial charge in [0.2, 0.25) is 5.91 Å². The molecule has 0 bridgehead atoms. The summed E-state index contributed by atoms with van der Waals surface area (Å²) >= 11 is 3.41. The van der Waals surface area contributed by atoms with Gasteiger partial charge in [-0.3, -0.25) is 9.59 Å². The van der Waals surface area contributed by atoms with Gasteiger partial charge in [-0.15, -0.1) is 0 Å². The second-order valence-electron chi connectivity index (χ2n) is 4.27. The third kappa shape index (κ3) is 5.03. The van der Waals surface area contributed by atoms with E-state index < -0.39 is 0 Å². The van der Waals surface area contributed by atoms with Crippen molar-refractivity contribution in [2.24, 2.45) is 0 Å². The Kier molecular flexibility index (Phi) is 6.02. The molecule has 0 heterocycles. The number of ether oxygens (including phenoxy) is 1. The van der Waals surface area contributed by atoms with E-state index in [9.17, 15) is 9.59 Å². The van der Waals surface area contributed by atoms with E-state index in [-0.39, 0.29) is 24.7 Å². The van der Waals surface area contributed by atoms with E-state index in [0.29, 0.717) is 6.61 Å². The molecule has 4 nitrogen and oxygen atoms in total. The molecule has 19 heavy (non-hydrogen) atoms. The molecule has 0 aliphatic carbocycles. The third-order valence-electron chi connectivity index (χ3n) is 2.62. The van der Waals surface area contributed by atoms with Crippen molar-refractivity contribution in [1.29, 1.82) is 0 Å². The van der Waals surface area contributed by atoms with Crippen molar-refractivity contribution < 1.29 is 14.3 Å². The summed E-state index contributed by atoms with van der Waals surface area (Å²) in [6.07, 6.45) is 0.238. The van der Waals surface area contributed by atoms with Crippen LogP contribution in [0.3, 0.4) is 0 Å². The number of amides is 1. The Morgan fingerprint density at radius 2 is 1.79 bits per heavy atom. The second-order valence-corrected chi connectivity index (χ2v) is 5.18. The van der Waals surface area contributed by atoms with Gasteiger partial charge in [-0.2, -0.15) is 0 Å². The third-order valence-corrected chi connectivity index (χ3v) is 3.08. The van der Waals surface area contributed by atoms with Gasteiger partial charge < -0.3 is 10.1 Å². The Bertz CT molecular complexity index is 463. The lowest BCUT2D eigenvalue weighted by Crippen LogP contribution is -2.16. The topological polar surface area (TPSA) is 55.4 Å². The van der Waals surface area contributed by atoms with Gasteiger partial charge in [0.05, 0.1) is 13.0 Å². The van der Waals surface area contributed by atoms with E-state index in [0.717, 1.165) is 21.3 Å². The van der Waals surface area contributed by atoms with Gasteiger partial charge in [0.1, 0.15) is 0 Å². The highest BCUT2D eigenvalue weighted by atomic mass is 79.9. The summed E-state index contributed by atoms with van der Waals surface area (Å²) in [7, 11) is 0. The van der Waals surface area contributed by atoms with Crippen LogP contribution in [0.2, 0.25) is 0 Å². The maximum absolute atomic E-state index is 11.8. The molecule has 1 aromatic carbocycles. The summed E-state index contributed by atoms with van der Waals surface area (Å²) in [4.78, 5) is 22.9.